The summed E-state index contributed by atoms with van der Waals surface area (Å²) in [4.78, 5) is 28.2. The van der Waals surface area contributed by atoms with Crippen LogP contribution in [-0.2, 0) is 18.0 Å². The van der Waals surface area contributed by atoms with Gasteiger partial charge in [0.25, 0.3) is 0 Å². The molecule has 1 saturated heterocycles. The number of hydrogen-bond donors (Lipinski definition) is 1. The molecule has 8 heteroatoms. The molecular weight excluding hydrogens is 397 g/mol. The van der Waals surface area contributed by atoms with Crippen molar-refractivity contribution in [2.45, 2.75) is 13.2 Å². The van der Waals surface area contributed by atoms with Crippen LogP contribution in [0.1, 0.15) is 21.5 Å². The molecule has 2 aromatic rings. The Labute approximate surface area is 176 Å². The quantitative estimate of drug-likeness (QED) is 0.752. The molecule has 2 aromatic carbocycles. The summed E-state index contributed by atoms with van der Waals surface area (Å²) in [5, 5.41) is 3.23. The molecule has 0 bridgehead atoms. The van der Waals surface area contributed by atoms with E-state index in [2.05, 4.69) is 5.32 Å². The number of halogens is 2. The van der Waals surface area contributed by atoms with Crippen molar-refractivity contribution in [2.24, 2.45) is 0 Å². The lowest BCUT2D eigenvalue weighted by molar-refractivity contribution is 0.0600. The van der Waals surface area contributed by atoms with Gasteiger partial charge in [-0.05, 0) is 35.4 Å². The minimum atomic E-state index is -0.586. The van der Waals surface area contributed by atoms with Gasteiger partial charge in [-0.1, -0.05) is 24.3 Å². The van der Waals surface area contributed by atoms with Gasteiger partial charge in [0.2, 0.25) is 0 Å². The molecule has 1 heterocycles. The summed E-state index contributed by atoms with van der Waals surface area (Å²) in [6.45, 7) is 2.48. The first-order chi connectivity index (χ1) is 13.6. The molecule has 1 fully saturated rings. The van der Waals surface area contributed by atoms with Crippen LogP contribution in [0.25, 0.3) is 0 Å². The van der Waals surface area contributed by atoms with E-state index in [9.17, 15) is 14.0 Å². The van der Waals surface area contributed by atoms with Gasteiger partial charge in [0.15, 0.2) is 0 Å². The van der Waals surface area contributed by atoms with Crippen molar-refractivity contribution < 1.29 is 18.7 Å². The lowest BCUT2D eigenvalue weighted by Gasteiger charge is -2.33. The molecule has 2 amide bonds. The van der Waals surface area contributed by atoms with Crippen molar-refractivity contribution in [1.82, 2.24) is 10.2 Å². The zero-order valence-electron chi connectivity index (χ0n) is 16.3. The molecule has 0 aliphatic carbocycles. The van der Waals surface area contributed by atoms with Crippen LogP contribution in [0.15, 0.2) is 48.5 Å². The summed E-state index contributed by atoms with van der Waals surface area (Å²) < 4.78 is 17.9. The summed E-state index contributed by atoms with van der Waals surface area (Å²) in [7, 11) is 1.34. The predicted molar refractivity (Wildman–Crippen MR) is 112 cm³/mol. The molecule has 1 aliphatic rings. The molecule has 0 aromatic heterocycles. The smallest absolute Gasteiger partial charge is 0.337 e. The largest absolute Gasteiger partial charge is 0.465 e. The Balaban J connectivity index is 0.00000300. The van der Waals surface area contributed by atoms with Crippen molar-refractivity contribution >= 4 is 30.1 Å². The lowest BCUT2D eigenvalue weighted by Crippen LogP contribution is -2.51. The van der Waals surface area contributed by atoms with E-state index < -0.39 is 12.6 Å². The summed E-state index contributed by atoms with van der Waals surface area (Å²) in [6, 6.07) is 13.8. The van der Waals surface area contributed by atoms with E-state index in [0.29, 0.717) is 36.4 Å². The number of carbonyl (C=O) groups is 2. The minimum Gasteiger partial charge on any atom is -0.465 e. The Kier molecular flexibility index (Phi) is 8.42. The van der Waals surface area contributed by atoms with E-state index in [0.717, 1.165) is 18.7 Å². The van der Waals surface area contributed by atoms with Crippen molar-refractivity contribution in [3.8, 4) is 0 Å². The fourth-order valence-corrected chi connectivity index (χ4v) is 3.15. The van der Waals surface area contributed by atoms with Gasteiger partial charge in [-0.25, -0.2) is 14.0 Å². The molecule has 6 nitrogen and oxygen atoms in total. The third-order valence-electron chi connectivity index (χ3n) is 4.71. The maximum atomic E-state index is 13.2. The summed E-state index contributed by atoms with van der Waals surface area (Å²) in [5.41, 5.74) is 2.49. The van der Waals surface area contributed by atoms with Crippen LogP contribution < -0.4 is 10.2 Å². The van der Waals surface area contributed by atoms with E-state index in [4.69, 9.17) is 4.74 Å². The zero-order valence-corrected chi connectivity index (χ0v) is 17.1. The lowest BCUT2D eigenvalue weighted by atomic mass is 10.1. The normalized spacial score (nSPS) is 13.4. The van der Waals surface area contributed by atoms with Gasteiger partial charge in [0.1, 0.15) is 6.67 Å². The number of nitrogens with one attached hydrogen (secondary N) is 1. The number of urea groups is 1. The number of rotatable bonds is 5. The van der Waals surface area contributed by atoms with Gasteiger partial charge >= 0.3 is 12.0 Å². The topological polar surface area (TPSA) is 61.9 Å². The average molecular weight is 422 g/mol. The second-order valence-corrected chi connectivity index (χ2v) is 6.60. The molecule has 0 spiro atoms. The van der Waals surface area contributed by atoms with Crippen LogP contribution in [0.3, 0.4) is 0 Å². The number of anilines is 1. The highest BCUT2D eigenvalue weighted by molar-refractivity contribution is 5.92. The Morgan fingerprint density at radius 1 is 1.10 bits per heavy atom. The molecule has 3 rings (SSSR count). The molecule has 0 unspecified atom stereocenters. The van der Waals surface area contributed by atoms with E-state index in [1.807, 2.05) is 6.07 Å². The first kappa shape index (κ1) is 22.6. The van der Waals surface area contributed by atoms with E-state index in [-0.39, 0.29) is 18.4 Å². The van der Waals surface area contributed by atoms with Crippen LogP contribution in [-0.4, -0.2) is 50.2 Å². The van der Waals surface area contributed by atoms with Crippen molar-refractivity contribution in [2.75, 3.05) is 38.2 Å². The van der Waals surface area contributed by atoms with Crippen LogP contribution in [0.2, 0.25) is 0 Å². The summed E-state index contributed by atoms with van der Waals surface area (Å²) in [6.07, 6.45) is 0. The van der Waals surface area contributed by atoms with Crippen molar-refractivity contribution in [3.05, 3.63) is 65.2 Å². The highest BCUT2D eigenvalue weighted by Crippen LogP contribution is 2.22. The number of hydrogen-bond acceptors (Lipinski definition) is 4. The fraction of sp³-hybridized carbons (Fsp3) is 0.333. The van der Waals surface area contributed by atoms with E-state index in [1.54, 1.807) is 52.3 Å². The molecule has 156 valence electrons. The molecule has 1 aliphatic heterocycles. The van der Waals surface area contributed by atoms with Gasteiger partial charge in [0.05, 0.1) is 19.2 Å². The maximum absolute atomic E-state index is 13.2. The standard InChI is InChI=1S/C21H24FN3O3.ClH/c1-28-20(26)18-7-5-16(6-8-18)15-25(19-4-2-3-17(13-19)14-22)21(27)24-11-9-23-10-12-24;/h2-8,13,23H,9-12,14-15H2,1H3;1H. The van der Waals surface area contributed by atoms with Gasteiger partial charge in [-0.2, -0.15) is 0 Å². The van der Waals surface area contributed by atoms with Crippen LogP contribution in [0, 0.1) is 0 Å². The van der Waals surface area contributed by atoms with Crippen molar-refractivity contribution in [1.29, 1.82) is 0 Å². The summed E-state index contributed by atoms with van der Waals surface area (Å²) in [5.74, 6) is -0.407. The Hall–Kier alpha value is -2.64. The highest BCUT2D eigenvalue weighted by atomic mass is 35.5. The first-order valence-electron chi connectivity index (χ1n) is 9.21. The molecule has 29 heavy (non-hydrogen) atoms. The van der Waals surface area contributed by atoms with Gasteiger partial charge in [-0.15, -0.1) is 12.4 Å². The summed E-state index contributed by atoms with van der Waals surface area (Å²) >= 11 is 0. The number of benzene rings is 2. The number of ether oxygens (including phenoxy) is 1. The van der Waals surface area contributed by atoms with Gasteiger partial charge in [-0.3, -0.25) is 4.90 Å². The number of carbonyl (C=O) groups excluding carboxylic acids is 2. The second-order valence-electron chi connectivity index (χ2n) is 6.60. The number of esters is 1. The monoisotopic (exact) mass is 421 g/mol. The number of piperazine rings is 1. The van der Waals surface area contributed by atoms with Crippen LogP contribution >= 0.6 is 12.4 Å². The Morgan fingerprint density at radius 3 is 2.41 bits per heavy atom. The zero-order chi connectivity index (χ0) is 19.9. The minimum absolute atomic E-state index is 0. The number of nitrogens with zero attached hydrogens (tertiary/aromatic N) is 2. The predicted octanol–water partition coefficient (Wildman–Crippen LogP) is 3.40. The number of amides is 2. The molecular formula is C21H25ClFN3O3. The SMILES string of the molecule is COC(=O)c1ccc(CN(C(=O)N2CCNCC2)c2cccc(CF)c2)cc1.Cl. The van der Waals surface area contributed by atoms with Gasteiger partial charge < -0.3 is 15.0 Å². The number of alkyl halides is 1. The fourth-order valence-electron chi connectivity index (χ4n) is 3.15. The molecule has 0 radical (unpaired) electrons. The first-order valence-corrected chi connectivity index (χ1v) is 9.21. The third kappa shape index (κ3) is 5.68. The van der Waals surface area contributed by atoms with Crippen LogP contribution in [0.5, 0.6) is 0 Å². The Morgan fingerprint density at radius 2 is 1.79 bits per heavy atom. The molecule has 1 N–H and O–H groups in total. The molecule has 0 saturated carbocycles. The van der Waals surface area contributed by atoms with Crippen molar-refractivity contribution in [3.63, 3.8) is 0 Å². The molecule has 0 atom stereocenters. The maximum Gasteiger partial charge on any atom is 0.337 e. The van der Waals surface area contributed by atoms with E-state index in [1.165, 1.54) is 7.11 Å². The highest BCUT2D eigenvalue weighted by Gasteiger charge is 2.24. The van der Waals surface area contributed by atoms with Crippen LogP contribution in [0.4, 0.5) is 14.9 Å². The Bertz CT molecular complexity index is 826. The second kappa shape index (κ2) is 10.8. The number of methoxy groups -OCH3 is 1. The third-order valence-corrected chi connectivity index (χ3v) is 4.71. The average Bonchev–Trinajstić information content (AvgIpc) is 2.77. The van der Waals surface area contributed by atoms with Gasteiger partial charge in [0, 0.05) is 31.9 Å². The van der Waals surface area contributed by atoms with E-state index >= 15 is 0 Å².